The lowest BCUT2D eigenvalue weighted by Crippen LogP contribution is -2.54. The molecule has 1 fully saturated rings. The predicted octanol–water partition coefficient (Wildman–Crippen LogP) is 0.618. The number of carbonyl (C=O) groups is 1. The van der Waals surface area contributed by atoms with E-state index in [0.717, 1.165) is 24.6 Å². The van der Waals surface area contributed by atoms with E-state index < -0.39 is 5.60 Å². The second kappa shape index (κ2) is 7.10. The highest BCUT2D eigenvalue weighted by molar-refractivity contribution is 5.92. The average molecular weight is 344 g/mol. The Labute approximate surface area is 146 Å². The van der Waals surface area contributed by atoms with Gasteiger partial charge >= 0.3 is 0 Å². The van der Waals surface area contributed by atoms with E-state index in [0.29, 0.717) is 18.7 Å². The molecule has 1 aliphatic rings. The van der Waals surface area contributed by atoms with Gasteiger partial charge in [-0.2, -0.15) is 0 Å². The van der Waals surface area contributed by atoms with Crippen molar-refractivity contribution in [3.63, 3.8) is 0 Å². The van der Waals surface area contributed by atoms with Crippen molar-refractivity contribution in [2.45, 2.75) is 18.4 Å². The molecule has 0 aromatic carbocycles. The third-order valence-corrected chi connectivity index (χ3v) is 4.54. The van der Waals surface area contributed by atoms with Crippen LogP contribution in [0, 0.1) is 0 Å². The van der Waals surface area contributed by atoms with E-state index in [1.54, 1.807) is 17.7 Å². The van der Waals surface area contributed by atoms with E-state index in [1.165, 1.54) is 6.33 Å². The van der Waals surface area contributed by atoms with Gasteiger partial charge in [-0.15, -0.1) is 0 Å². The Morgan fingerprint density at radius 1 is 1.44 bits per heavy atom. The lowest BCUT2D eigenvalue weighted by Gasteiger charge is -2.39. The van der Waals surface area contributed by atoms with E-state index in [1.807, 2.05) is 30.3 Å². The zero-order chi connectivity index (χ0) is 17.9. The Kier molecular flexibility index (Phi) is 4.89. The van der Waals surface area contributed by atoms with Crippen LogP contribution in [0.2, 0.25) is 0 Å². The van der Waals surface area contributed by atoms with E-state index in [2.05, 4.69) is 20.6 Å². The largest absolute Gasteiger partial charge is 0.386 e. The topological polar surface area (TPSA) is 95.3 Å². The second-order valence-electron chi connectivity index (χ2n) is 6.45. The maximum atomic E-state index is 12.3. The molecule has 1 aliphatic heterocycles. The number of anilines is 2. The molecule has 0 saturated carbocycles. The highest BCUT2D eigenvalue weighted by atomic mass is 16.3. The van der Waals surface area contributed by atoms with Crippen LogP contribution in [0.15, 0.2) is 30.7 Å². The van der Waals surface area contributed by atoms with Gasteiger partial charge in [0.1, 0.15) is 23.7 Å². The zero-order valence-electron chi connectivity index (χ0n) is 14.6. The van der Waals surface area contributed by atoms with Crippen LogP contribution in [0.1, 0.15) is 23.3 Å². The van der Waals surface area contributed by atoms with Gasteiger partial charge in [0, 0.05) is 46.0 Å². The summed E-state index contributed by atoms with van der Waals surface area (Å²) in [5.41, 5.74) is -0.408. The van der Waals surface area contributed by atoms with Crippen LogP contribution in [-0.2, 0) is 7.05 Å². The Balaban J connectivity index is 1.65. The maximum Gasteiger partial charge on any atom is 0.267 e. The standard InChI is InChI=1S/C17H24N6O2/c1-18-14-9-15(21-12-20-14)23-8-4-6-17(25,11-23)10-19-16(24)13-5-3-7-22(13)2/h3,5,7,9,12,25H,4,6,8,10-11H2,1-2H3,(H,19,24)(H,18,20,21)/t17-/m1/s1. The molecule has 0 radical (unpaired) electrons. The van der Waals surface area contributed by atoms with E-state index in [-0.39, 0.29) is 12.5 Å². The van der Waals surface area contributed by atoms with Gasteiger partial charge in [0.15, 0.2) is 0 Å². The number of nitrogens with one attached hydrogen (secondary N) is 2. The number of hydrogen-bond acceptors (Lipinski definition) is 6. The molecule has 0 spiro atoms. The third-order valence-electron chi connectivity index (χ3n) is 4.54. The first-order chi connectivity index (χ1) is 12.0. The van der Waals surface area contributed by atoms with Crippen LogP contribution in [0.5, 0.6) is 0 Å². The minimum absolute atomic E-state index is 0.183. The lowest BCUT2D eigenvalue weighted by atomic mass is 9.92. The lowest BCUT2D eigenvalue weighted by molar-refractivity contribution is 0.0253. The number of piperidine rings is 1. The number of carbonyl (C=O) groups excluding carboxylic acids is 1. The summed E-state index contributed by atoms with van der Waals surface area (Å²) in [6, 6.07) is 5.43. The van der Waals surface area contributed by atoms with E-state index in [4.69, 9.17) is 0 Å². The number of amides is 1. The number of aromatic nitrogens is 3. The molecular formula is C17H24N6O2. The highest BCUT2D eigenvalue weighted by Crippen LogP contribution is 2.25. The van der Waals surface area contributed by atoms with Gasteiger partial charge in [-0.25, -0.2) is 9.97 Å². The molecule has 1 saturated heterocycles. The van der Waals surface area contributed by atoms with Crippen molar-refractivity contribution < 1.29 is 9.90 Å². The first-order valence-corrected chi connectivity index (χ1v) is 8.37. The van der Waals surface area contributed by atoms with Gasteiger partial charge in [0.25, 0.3) is 5.91 Å². The van der Waals surface area contributed by atoms with Gasteiger partial charge in [-0.05, 0) is 25.0 Å². The summed E-state index contributed by atoms with van der Waals surface area (Å²) in [5.74, 6) is 1.32. The van der Waals surface area contributed by atoms with Crippen LogP contribution in [-0.4, -0.2) is 57.8 Å². The number of β-amino-alcohol motifs (C(OH)–C–C–N with tert-alkyl or cyclic N) is 1. The fourth-order valence-electron chi connectivity index (χ4n) is 3.14. The quantitative estimate of drug-likeness (QED) is 0.736. The number of hydrogen-bond donors (Lipinski definition) is 3. The molecule has 0 unspecified atom stereocenters. The van der Waals surface area contributed by atoms with Crippen LogP contribution < -0.4 is 15.5 Å². The van der Waals surface area contributed by atoms with Crippen molar-refractivity contribution in [2.75, 3.05) is 36.9 Å². The normalized spacial score (nSPS) is 20.4. The van der Waals surface area contributed by atoms with Crippen molar-refractivity contribution in [3.8, 4) is 0 Å². The van der Waals surface area contributed by atoms with Crippen molar-refractivity contribution in [3.05, 3.63) is 36.4 Å². The molecule has 2 aromatic rings. The van der Waals surface area contributed by atoms with Crippen LogP contribution in [0.3, 0.4) is 0 Å². The molecular weight excluding hydrogens is 320 g/mol. The summed E-state index contributed by atoms with van der Waals surface area (Å²) >= 11 is 0. The van der Waals surface area contributed by atoms with E-state index >= 15 is 0 Å². The summed E-state index contributed by atoms with van der Waals surface area (Å²) < 4.78 is 1.76. The van der Waals surface area contributed by atoms with Gasteiger partial charge in [-0.1, -0.05) is 0 Å². The summed E-state index contributed by atoms with van der Waals surface area (Å²) in [6.07, 6.45) is 4.79. The number of aliphatic hydroxyl groups is 1. The number of aryl methyl sites for hydroxylation is 1. The summed E-state index contributed by atoms with van der Waals surface area (Å²) in [4.78, 5) is 22.7. The Bertz CT molecular complexity index is 746. The van der Waals surface area contributed by atoms with Crippen molar-refractivity contribution in [1.29, 1.82) is 0 Å². The Morgan fingerprint density at radius 2 is 2.28 bits per heavy atom. The molecule has 2 aromatic heterocycles. The van der Waals surface area contributed by atoms with Gasteiger partial charge < -0.3 is 25.2 Å². The van der Waals surface area contributed by atoms with Crippen LogP contribution in [0.25, 0.3) is 0 Å². The SMILES string of the molecule is CNc1cc(N2CCC[C@@](O)(CNC(=O)c3cccn3C)C2)ncn1. The fourth-order valence-corrected chi connectivity index (χ4v) is 3.14. The molecule has 3 heterocycles. The van der Waals surface area contributed by atoms with Crippen molar-refractivity contribution >= 4 is 17.5 Å². The second-order valence-corrected chi connectivity index (χ2v) is 6.45. The minimum atomic E-state index is -0.982. The average Bonchev–Trinajstić information content (AvgIpc) is 3.06. The Morgan fingerprint density at radius 3 is 3.00 bits per heavy atom. The van der Waals surface area contributed by atoms with Gasteiger partial charge in [0.2, 0.25) is 0 Å². The van der Waals surface area contributed by atoms with E-state index in [9.17, 15) is 9.90 Å². The molecule has 3 N–H and O–H groups in total. The molecule has 8 nitrogen and oxygen atoms in total. The van der Waals surface area contributed by atoms with Crippen molar-refractivity contribution in [1.82, 2.24) is 19.9 Å². The molecule has 1 atom stereocenters. The minimum Gasteiger partial charge on any atom is -0.386 e. The first-order valence-electron chi connectivity index (χ1n) is 8.37. The summed E-state index contributed by atoms with van der Waals surface area (Å²) in [5, 5.41) is 16.8. The zero-order valence-corrected chi connectivity index (χ0v) is 14.6. The van der Waals surface area contributed by atoms with Crippen molar-refractivity contribution in [2.24, 2.45) is 7.05 Å². The number of rotatable bonds is 5. The maximum absolute atomic E-state index is 12.3. The molecule has 0 aliphatic carbocycles. The van der Waals surface area contributed by atoms with Gasteiger partial charge in [0.05, 0.1) is 5.60 Å². The predicted molar refractivity (Wildman–Crippen MR) is 95.7 cm³/mol. The first kappa shape index (κ1) is 17.2. The molecule has 1 amide bonds. The smallest absolute Gasteiger partial charge is 0.267 e. The summed E-state index contributed by atoms with van der Waals surface area (Å²) in [6.45, 7) is 1.44. The molecule has 0 bridgehead atoms. The molecule has 134 valence electrons. The van der Waals surface area contributed by atoms with Crippen LogP contribution >= 0.6 is 0 Å². The molecule has 3 rings (SSSR count). The molecule has 8 heteroatoms. The van der Waals surface area contributed by atoms with Gasteiger partial charge in [-0.3, -0.25) is 4.79 Å². The Hall–Kier alpha value is -2.61. The monoisotopic (exact) mass is 344 g/mol. The summed E-state index contributed by atoms with van der Waals surface area (Å²) in [7, 11) is 3.62. The molecule has 25 heavy (non-hydrogen) atoms. The third kappa shape index (κ3) is 3.90. The highest BCUT2D eigenvalue weighted by Gasteiger charge is 2.34. The number of nitrogens with zero attached hydrogens (tertiary/aromatic N) is 4. The van der Waals surface area contributed by atoms with Crippen LogP contribution in [0.4, 0.5) is 11.6 Å². The fraction of sp³-hybridized carbons (Fsp3) is 0.471.